The van der Waals surface area contributed by atoms with E-state index in [2.05, 4.69) is 50.8 Å². The molecule has 0 saturated heterocycles. The van der Waals surface area contributed by atoms with Gasteiger partial charge in [0.25, 0.3) is 0 Å². The fraction of sp³-hybridized carbons (Fsp3) is 0.727. The Balaban J connectivity index is 1.53. The number of allylic oxidation sites excluding steroid dienone is 4. The zero-order chi connectivity index (χ0) is 29.1. The number of aliphatic hydroxyl groups excluding tert-OH is 1. The molecule has 0 spiro atoms. The highest BCUT2D eigenvalue weighted by Gasteiger charge is 2.70. The Morgan fingerprint density at radius 1 is 1.05 bits per heavy atom. The number of aromatic nitrogens is 2. The van der Waals surface area contributed by atoms with Crippen LogP contribution in [0.25, 0.3) is 0 Å². The summed E-state index contributed by atoms with van der Waals surface area (Å²) in [5.41, 5.74) is -0.737. The van der Waals surface area contributed by atoms with Crippen LogP contribution < -0.4 is 0 Å². The molecule has 7 atom stereocenters. The van der Waals surface area contributed by atoms with Crippen molar-refractivity contribution in [2.75, 3.05) is 0 Å². The number of aliphatic hydroxyl groups is 1. The summed E-state index contributed by atoms with van der Waals surface area (Å²) in [6, 6.07) is 2.19. The van der Waals surface area contributed by atoms with Gasteiger partial charge in [0.05, 0.1) is 11.0 Å². The predicted molar refractivity (Wildman–Crippen MR) is 148 cm³/mol. The molecule has 0 aromatic carbocycles. The van der Waals surface area contributed by atoms with Crippen molar-refractivity contribution in [3.63, 3.8) is 0 Å². The molecule has 5 aliphatic rings. The zero-order valence-corrected chi connectivity index (χ0v) is 25.1. The van der Waals surface area contributed by atoms with Crippen LogP contribution in [-0.4, -0.2) is 26.8 Å². The Hall–Kier alpha value is -2.59. The molecule has 0 aliphatic heterocycles. The second-order valence-electron chi connectivity index (χ2n) is 15.6. The Morgan fingerprint density at radius 2 is 1.75 bits per heavy atom. The number of fused-ring (bicyclic) bond motifs is 7. The van der Waals surface area contributed by atoms with Crippen LogP contribution >= 0.6 is 0 Å². The monoisotopic (exact) mass is 545 g/mol. The Labute approximate surface area is 237 Å². The maximum absolute atomic E-state index is 14.6. The molecule has 214 valence electrons. The van der Waals surface area contributed by atoms with Gasteiger partial charge in [-0.05, 0) is 79.1 Å². The van der Waals surface area contributed by atoms with Gasteiger partial charge < -0.3 is 9.63 Å². The van der Waals surface area contributed by atoms with Gasteiger partial charge >= 0.3 is 0 Å². The molecule has 7 nitrogen and oxygen atoms in total. The molecule has 6 rings (SSSR count). The fourth-order valence-electron chi connectivity index (χ4n) is 10.5. The number of carbonyl (C=O) groups excluding carboxylic acids is 2. The van der Waals surface area contributed by atoms with Crippen LogP contribution in [-0.2, 0) is 21.6 Å². The first kappa shape index (κ1) is 27.6. The molecule has 3 saturated carbocycles. The number of nitriles is 1. The third-order valence-electron chi connectivity index (χ3n) is 12.9. The van der Waals surface area contributed by atoms with E-state index in [0.29, 0.717) is 11.7 Å². The summed E-state index contributed by atoms with van der Waals surface area (Å²) in [5.74, 6) is 0.834. The van der Waals surface area contributed by atoms with Gasteiger partial charge in [-0.15, -0.1) is 0 Å². The van der Waals surface area contributed by atoms with Gasteiger partial charge in [0.2, 0.25) is 5.89 Å². The average molecular weight is 546 g/mol. The first-order chi connectivity index (χ1) is 18.6. The zero-order valence-electron chi connectivity index (χ0n) is 25.1. The van der Waals surface area contributed by atoms with Gasteiger partial charge in [0.1, 0.15) is 12.7 Å². The van der Waals surface area contributed by atoms with E-state index in [0.717, 1.165) is 50.5 Å². The lowest BCUT2D eigenvalue weighted by atomic mass is 9.34. The highest BCUT2D eigenvalue weighted by molar-refractivity contribution is 6.04. The van der Waals surface area contributed by atoms with Crippen LogP contribution in [0.3, 0.4) is 0 Å². The summed E-state index contributed by atoms with van der Waals surface area (Å²) < 4.78 is 5.83. The molecule has 5 aliphatic carbocycles. The normalized spacial score (nSPS) is 43.3. The smallest absolute Gasteiger partial charge is 0.233 e. The van der Waals surface area contributed by atoms with Crippen molar-refractivity contribution in [1.29, 1.82) is 5.26 Å². The minimum Gasteiger partial charge on any atom is -0.388 e. The first-order valence-electron chi connectivity index (χ1n) is 15.0. The number of Topliss-reactive ketones (excluding diaryl/α,β-unsaturated/α-hetero) is 1. The minimum atomic E-state index is -0.672. The number of hydrogen-bond acceptors (Lipinski definition) is 7. The van der Waals surface area contributed by atoms with Crippen LogP contribution in [0.4, 0.5) is 0 Å². The second kappa shape index (κ2) is 8.25. The predicted octanol–water partition coefficient (Wildman–Crippen LogP) is 6.03. The van der Waals surface area contributed by atoms with E-state index in [1.54, 1.807) is 0 Å². The summed E-state index contributed by atoms with van der Waals surface area (Å²) >= 11 is 0. The van der Waals surface area contributed by atoms with Gasteiger partial charge in [-0.1, -0.05) is 65.3 Å². The van der Waals surface area contributed by atoms with Crippen molar-refractivity contribution in [1.82, 2.24) is 10.1 Å². The van der Waals surface area contributed by atoms with Crippen LogP contribution in [0, 0.1) is 56.2 Å². The van der Waals surface area contributed by atoms with E-state index < -0.39 is 10.8 Å². The molecule has 0 unspecified atom stereocenters. The topological polar surface area (TPSA) is 117 Å². The van der Waals surface area contributed by atoms with Crippen LogP contribution in [0.1, 0.15) is 105 Å². The van der Waals surface area contributed by atoms with Gasteiger partial charge in [-0.25, -0.2) is 0 Å². The van der Waals surface area contributed by atoms with Crippen LogP contribution in [0.5, 0.6) is 0 Å². The first-order valence-corrected chi connectivity index (χ1v) is 15.0. The van der Waals surface area contributed by atoms with E-state index in [1.807, 2.05) is 26.0 Å². The highest BCUT2D eigenvalue weighted by atomic mass is 16.5. The molecule has 1 aromatic heterocycles. The fourth-order valence-corrected chi connectivity index (χ4v) is 10.5. The Kier molecular flexibility index (Phi) is 5.68. The summed E-state index contributed by atoms with van der Waals surface area (Å²) in [4.78, 5) is 32.5. The second-order valence-corrected chi connectivity index (χ2v) is 15.6. The number of hydrogen-bond donors (Lipinski definition) is 1. The number of nitrogens with zero attached hydrogens (tertiary/aromatic N) is 3. The van der Waals surface area contributed by atoms with Crippen molar-refractivity contribution < 1.29 is 19.2 Å². The average Bonchev–Trinajstić information content (AvgIpc) is 3.37. The molecule has 1 heterocycles. The molecule has 0 radical (unpaired) electrons. The number of carbonyl (C=O) groups is 2. The molecule has 40 heavy (non-hydrogen) atoms. The van der Waals surface area contributed by atoms with Crippen molar-refractivity contribution >= 4 is 11.6 Å². The van der Waals surface area contributed by atoms with Crippen molar-refractivity contribution in [3.8, 4) is 6.07 Å². The molecule has 0 amide bonds. The lowest BCUT2D eigenvalue weighted by Crippen LogP contribution is -2.65. The largest absolute Gasteiger partial charge is 0.388 e. The van der Waals surface area contributed by atoms with E-state index in [1.165, 1.54) is 0 Å². The quantitative estimate of drug-likeness (QED) is 0.482. The SMILES string of the molecule is CC1(C)CC[C@]2(c3nc(CO)no3)CC[C@]3(C)[C@H](C(=O)C=C4[C@@]5(C)C=C(C#N)C(=O)C(C)(C)[C@@H]5CC[C@]43C)[C@@H]2C1. The lowest BCUT2D eigenvalue weighted by Gasteiger charge is -2.68. The van der Waals surface area contributed by atoms with Gasteiger partial charge in [0.15, 0.2) is 17.4 Å². The third kappa shape index (κ3) is 3.26. The van der Waals surface area contributed by atoms with Crippen molar-refractivity contribution in [2.24, 2.45) is 44.8 Å². The molecule has 1 N–H and O–H groups in total. The minimum absolute atomic E-state index is 0.0310. The number of ketones is 2. The Morgan fingerprint density at radius 3 is 2.40 bits per heavy atom. The van der Waals surface area contributed by atoms with E-state index in [9.17, 15) is 20.0 Å². The maximum atomic E-state index is 14.6. The molecule has 3 fully saturated rings. The van der Waals surface area contributed by atoms with E-state index in [-0.39, 0.29) is 63.2 Å². The van der Waals surface area contributed by atoms with Crippen LogP contribution in [0.15, 0.2) is 27.8 Å². The molecule has 7 heteroatoms. The summed E-state index contributed by atoms with van der Waals surface area (Å²) in [6.07, 6.45) is 10.1. The molecular formula is C33H43N3O4. The number of rotatable bonds is 2. The van der Waals surface area contributed by atoms with E-state index in [4.69, 9.17) is 4.52 Å². The van der Waals surface area contributed by atoms with E-state index >= 15 is 0 Å². The van der Waals surface area contributed by atoms with Gasteiger partial charge in [-0.3, -0.25) is 9.59 Å². The lowest BCUT2D eigenvalue weighted by molar-refractivity contribution is -0.161. The van der Waals surface area contributed by atoms with Gasteiger partial charge in [0, 0.05) is 16.7 Å². The third-order valence-corrected chi connectivity index (χ3v) is 12.9. The summed E-state index contributed by atoms with van der Waals surface area (Å²) in [6.45, 7) is 15.1. The maximum Gasteiger partial charge on any atom is 0.233 e. The van der Waals surface area contributed by atoms with Crippen molar-refractivity contribution in [2.45, 2.75) is 105 Å². The highest BCUT2D eigenvalue weighted by Crippen LogP contribution is 2.74. The van der Waals surface area contributed by atoms with Crippen LogP contribution in [0.2, 0.25) is 0 Å². The molecule has 1 aromatic rings. The standard InChI is InChI=1S/C33H43N3O4/c1-28(2)10-12-33(27-35-24(18-37)36-40-27)13-11-32(7)25(20(33)16-28)21(38)14-23-30(5)15-19(17-34)26(39)29(3,4)22(30)8-9-31(23,32)6/h14-15,20,22,25,37H,8-13,16,18H2,1-7H3/t20-,22-,25-,30-,31+,32+,33-/m0/s1. The van der Waals surface area contributed by atoms with Gasteiger partial charge in [-0.2, -0.15) is 10.2 Å². The summed E-state index contributed by atoms with van der Waals surface area (Å²) in [7, 11) is 0. The van der Waals surface area contributed by atoms with Crippen molar-refractivity contribution in [3.05, 3.63) is 35.0 Å². The molecule has 0 bridgehead atoms. The Bertz CT molecular complexity index is 1410. The molecular weight excluding hydrogens is 502 g/mol. The summed E-state index contributed by atoms with van der Waals surface area (Å²) in [5, 5.41) is 23.6.